The molecule has 1 aromatic carbocycles. The summed E-state index contributed by atoms with van der Waals surface area (Å²) in [6.45, 7) is 6.04. The fraction of sp³-hybridized carbons (Fsp3) is 0.462. The number of anilines is 3. The Morgan fingerprint density at radius 1 is 1.26 bits per heavy atom. The van der Waals surface area contributed by atoms with Crippen LogP contribution in [0.15, 0.2) is 30.6 Å². The van der Waals surface area contributed by atoms with Gasteiger partial charge in [-0.05, 0) is 30.8 Å². The number of alkyl halides is 2. The van der Waals surface area contributed by atoms with E-state index in [1.807, 2.05) is 13.0 Å². The molecule has 0 saturated carbocycles. The number of nitriles is 1. The molecule has 1 fully saturated rings. The average Bonchev–Trinajstić information content (AvgIpc) is 3.44. The number of fused-ring (bicyclic) bond motifs is 1. The number of halogens is 2. The summed E-state index contributed by atoms with van der Waals surface area (Å²) in [6.07, 6.45) is 0.652. The van der Waals surface area contributed by atoms with E-state index in [1.54, 1.807) is 24.5 Å². The van der Waals surface area contributed by atoms with Gasteiger partial charge in [-0.3, -0.25) is 9.58 Å². The minimum Gasteiger partial charge on any atom is -0.395 e. The zero-order valence-corrected chi connectivity index (χ0v) is 21.5. The van der Waals surface area contributed by atoms with Crippen molar-refractivity contribution in [3.05, 3.63) is 47.4 Å². The van der Waals surface area contributed by atoms with E-state index >= 15 is 0 Å². The van der Waals surface area contributed by atoms with Gasteiger partial charge in [-0.1, -0.05) is 6.92 Å². The van der Waals surface area contributed by atoms with Crippen LogP contribution in [-0.4, -0.2) is 87.5 Å². The first-order valence-corrected chi connectivity index (χ1v) is 12.6. The average molecular weight is 524 g/mol. The van der Waals surface area contributed by atoms with Crippen LogP contribution in [0, 0.1) is 11.3 Å². The van der Waals surface area contributed by atoms with Crippen molar-refractivity contribution in [2.24, 2.45) is 0 Å². The molecule has 5 rings (SSSR count). The highest BCUT2D eigenvalue weighted by Crippen LogP contribution is 2.41. The molecule has 10 nitrogen and oxygen atoms in total. The topological polar surface area (TPSA) is 118 Å². The second-order valence-corrected chi connectivity index (χ2v) is 10.2. The van der Waals surface area contributed by atoms with E-state index in [0.717, 1.165) is 43.0 Å². The Balaban J connectivity index is 1.44. The molecule has 2 aromatic heterocycles. The molecule has 0 bridgehead atoms. The molecule has 0 spiro atoms. The van der Waals surface area contributed by atoms with Gasteiger partial charge in [-0.15, -0.1) is 0 Å². The second-order valence-electron chi connectivity index (χ2n) is 10.2. The van der Waals surface area contributed by atoms with Gasteiger partial charge in [0.2, 0.25) is 5.95 Å². The molecule has 38 heavy (non-hydrogen) atoms. The van der Waals surface area contributed by atoms with E-state index in [9.17, 15) is 19.1 Å². The summed E-state index contributed by atoms with van der Waals surface area (Å²) in [4.78, 5) is 13.5. The summed E-state index contributed by atoms with van der Waals surface area (Å²) in [5.41, 5.74) is 4.11. The number of benzene rings is 1. The van der Waals surface area contributed by atoms with Crippen LogP contribution < -0.4 is 10.6 Å². The first kappa shape index (κ1) is 26.0. The van der Waals surface area contributed by atoms with Crippen LogP contribution in [0.2, 0.25) is 0 Å². The van der Waals surface area contributed by atoms with Gasteiger partial charge in [-0.25, -0.2) is 18.7 Å². The fourth-order valence-electron chi connectivity index (χ4n) is 4.90. The molecule has 2 aliphatic heterocycles. The van der Waals surface area contributed by atoms with Crippen LogP contribution in [0.3, 0.4) is 0 Å². The first-order chi connectivity index (χ1) is 18.3. The second kappa shape index (κ2) is 10.6. The lowest BCUT2D eigenvalue weighted by Gasteiger charge is -2.31. The molecule has 4 heterocycles. The van der Waals surface area contributed by atoms with Crippen LogP contribution in [0.4, 0.5) is 26.1 Å². The maximum absolute atomic E-state index is 13.1. The number of hydrogen-bond acceptors (Lipinski definition) is 9. The van der Waals surface area contributed by atoms with Crippen molar-refractivity contribution in [2.45, 2.75) is 31.9 Å². The quantitative estimate of drug-likeness (QED) is 0.410. The van der Waals surface area contributed by atoms with Crippen molar-refractivity contribution in [3.63, 3.8) is 0 Å². The van der Waals surface area contributed by atoms with Crippen molar-refractivity contribution in [1.29, 1.82) is 5.26 Å². The zero-order valence-electron chi connectivity index (χ0n) is 21.5. The minimum atomic E-state index is -2.52. The standard InChI is InChI=1S/C26H31F2N9O/c1-26(16-38)15-31-24-18(11-29)9-17(10-19(24)26)20-3-4-30-25(32-20)33-21-13-37(14-23(27)28)34-22(21)12-36-7-5-35(2)6-8-36/h3-4,9-10,13,23,31,38H,5-8,12,14-16H2,1-2H3,(H,30,32,33). The van der Waals surface area contributed by atoms with E-state index in [1.165, 1.54) is 4.68 Å². The normalized spacial score (nSPS) is 19.8. The van der Waals surface area contributed by atoms with Crippen molar-refractivity contribution < 1.29 is 13.9 Å². The van der Waals surface area contributed by atoms with Gasteiger partial charge in [0.1, 0.15) is 12.6 Å². The van der Waals surface area contributed by atoms with Gasteiger partial charge in [0.05, 0.1) is 34.9 Å². The number of rotatable bonds is 8. The van der Waals surface area contributed by atoms with E-state index in [2.05, 4.69) is 48.6 Å². The summed E-state index contributed by atoms with van der Waals surface area (Å²) in [7, 11) is 2.08. The SMILES string of the molecule is CN1CCN(Cc2nn(CC(F)F)cc2Nc2nccc(-c3cc(C#N)c4c(c3)C(C)(CO)CN4)n2)CC1. The maximum atomic E-state index is 13.1. The first-order valence-electron chi connectivity index (χ1n) is 12.6. The highest BCUT2D eigenvalue weighted by atomic mass is 19.3. The lowest BCUT2D eigenvalue weighted by molar-refractivity contribution is 0.120. The van der Waals surface area contributed by atoms with Crippen molar-refractivity contribution >= 4 is 17.3 Å². The number of aromatic nitrogens is 4. The largest absolute Gasteiger partial charge is 0.395 e. The van der Waals surface area contributed by atoms with Crippen molar-refractivity contribution in [2.75, 3.05) is 57.0 Å². The number of piperazine rings is 1. The Morgan fingerprint density at radius 2 is 2.05 bits per heavy atom. The lowest BCUT2D eigenvalue weighted by Crippen LogP contribution is -2.44. The third-order valence-corrected chi connectivity index (χ3v) is 7.24. The lowest BCUT2D eigenvalue weighted by atomic mass is 9.83. The molecule has 0 amide bonds. The van der Waals surface area contributed by atoms with Gasteiger partial charge in [-0.2, -0.15) is 10.4 Å². The molecular weight excluding hydrogens is 492 g/mol. The third kappa shape index (κ3) is 5.31. The zero-order chi connectivity index (χ0) is 26.9. The van der Waals surface area contributed by atoms with E-state index in [-0.39, 0.29) is 6.61 Å². The number of likely N-dealkylation sites (N-methyl/N-ethyl adjacent to an activating group) is 1. The summed E-state index contributed by atoms with van der Waals surface area (Å²) < 4.78 is 27.5. The number of aliphatic hydroxyl groups excluding tert-OH is 1. The Kier molecular flexibility index (Phi) is 7.25. The molecule has 0 aliphatic carbocycles. The number of nitrogens with zero attached hydrogens (tertiary/aromatic N) is 7. The molecule has 2 aliphatic rings. The Hall–Kier alpha value is -3.66. The number of nitrogens with one attached hydrogen (secondary N) is 2. The minimum absolute atomic E-state index is 0.0589. The van der Waals surface area contributed by atoms with Crippen LogP contribution in [0.25, 0.3) is 11.3 Å². The molecule has 3 aromatic rings. The van der Waals surface area contributed by atoms with Crippen LogP contribution in [0.1, 0.15) is 23.7 Å². The summed E-state index contributed by atoms with van der Waals surface area (Å²) >= 11 is 0. The molecule has 3 N–H and O–H groups in total. The van der Waals surface area contributed by atoms with Gasteiger partial charge in [0.25, 0.3) is 6.43 Å². The van der Waals surface area contributed by atoms with Crippen molar-refractivity contribution in [1.82, 2.24) is 29.5 Å². The molecule has 1 unspecified atom stereocenters. The maximum Gasteiger partial charge on any atom is 0.257 e. The van der Waals surface area contributed by atoms with Crippen LogP contribution in [-0.2, 0) is 18.5 Å². The highest BCUT2D eigenvalue weighted by molar-refractivity contribution is 5.76. The van der Waals surface area contributed by atoms with Gasteiger partial charge in [0, 0.05) is 62.6 Å². The summed E-state index contributed by atoms with van der Waals surface area (Å²) in [5, 5.41) is 30.6. The number of hydrogen-bond donors (Lipinski definition) is 3. The number of aliphatic hydroxyl groups is 1. The van der Waals surface area contributed by atoms with Crippen LogP contribution in [0.5, 0.6) is 0 Å². The van der Waals surface area contributed by atoms with Gasteiger partial charge < -0.3 is 20.6 Å². The monoisotopic (exact) mass is 523 g/mol. The molecular formula is C26H31F2N9O. The fourth-order valence-corrected chi connectivity index (χ4v) is 4.90. The van der Waals surface area contributed by atoms with E-state index in [4.69, 9.17) is 0 Å². The van der Waals surface area contributed by atoms with Crippen LogP contribution >= 0.6 is 0 Å². The molecule has 1 saturated heterocycles. The molecule has 0 radical (unpaired) electrons. The smallest absolute Gasteiger partial charge is 0.257 e. The highest BCUT2D eigenvalue weighted by Gasteiger charge is 2.36. The Morgan fingerprint density at radius 3 is 2.76 bits per heavy atom. The van der Waals surface area contributed by atoms with E-state index in [0.29, 0.717) is 41.7 Å². The third-order valence-electron chi connectivity index (χ3n) is 7.24. The predicted octanol–water partition coefficient (Wildman–Crippen LogP) is 2.64. The molecule has 12 heteroatoms. The summed E-state index contributed by atoms with van der Waals surface area (Å²) in [6, 6.07) is 7.69. The molecule has 200 valence electrons. The Bertz CT molecular complexity index is 1350. The van der Waals surface area contributed by atoms with Crippen molar-refractivity contribution in [3.8, 4) is 17.3 Å². The Labute approximate surface area is 219 Å². The van der Waals surface area contributed by atoms with Gasteiger partial charge in [0.15, 0.2) is 0 Å². The van der Waals surface area contributed by atoms with E-state index < -0.39 is 18.4 Å². The van der Waals surface area contributed by atoms with Gasteiger partial charge >= 0.3 is 0 Å². The molecule has 1 atom stereocenters. The predicted molar refractivity (Wildman–Crippen MR) is 139 cm³/mol. The summed E-state index contributed by atoms with van der Waals surface area (Å²) in [5.74, 6) is 0.292.